The molecule has 1 N–H and O–H groups in total. The number of alkyl halides is 5. The van der Waals surface area contributed by atoms with Gasteiger partial charge < -0.3 is 14.4 Å². The Kier molecular flexibility index (Phi) is 9.91. The van der Waals surface area contributed by atoms with Crippen molar-refractivity contribution in [1.29, 1.82) is 0 Å². The Morgan fingerprint density at radius 3 is 2.47 bits per heavy atom. The second kappa shape index (κ2) is 13.2. The summed E-state index contributed by atoms with van der Waals surface area (Å²) in [6, 6.07) is 14.4. The third kappa shape index (κ3) is 7.29. The van der Waals surface area contributed by atoms with Gasteiger partial charge in [-0.1, -0.05) is 36.3 Å². The van der Waals surface area contributed by atoms with Crippen molar-refractivity contribution in [2.24, 2.45) is 17.3 Å². The van der Waals surface area contributed by atoms with E-state index in [9.17, 15) is 31.6 Å². The maximum absolute atomic E-state index is 13.0. The maximum atomic E-state index is 13.0. The molecule has 43 heavy (non-hydrogen) atoms. The topological polar surface area (TPSA) is 52.5 Å². The summed E-state index contributed by atoms with van der Waals surface area (Å²) in [5.41, 5.74) is 4.24. The van der Waals surface area contributed by atoms with Gasteiger partial charge in [-0.2, -0.15) is 22.0 Å². The van der Waals surface area contributed by atoms with Gasteiger partial charge in [-0.25, -0.2) is 0 Å². The highest BCUT2D eigenvalue weighted by Gasteiger charge is 2.57. The normalized spacial score (nSPS) is 27.7. The summed E-state index contributed by atoms with van der Waals surface area (Å²) in [5.74, 6) is -1.31. The van der Waals surface area contributed by atoms with Crippen LogP contribution >= 0.6 is 0 Å². The number of unbranched alkanes of at least 4 members (excludes halogenated alkanes) is 2. The van der Waals surface area contributed by atoms with Gasteiger partial charge in [-0.3, -0.25) is 0 Å². The highest BCUT2D eigenvalue weighted by atomic mass is 32.2. The van der Waals surface area contributed by atoms with Crippen LogP contribution in [0.2, 0.25) is 0 Å². The zero-order valence-electron chi connectivity index (χ0n) is 24.7. The van der Waals surface area contributed by atoms with Crippen LogP contribution in [0.25, 0.3) is 0 Å². The van der Waals surface area contributed by atoms with E-state index in [4.69, 9.17) is 4.74 Å². The van der Waals surface area contributed by atoms with E-state index in [1.807, 2.05) is 24.3 Å². The monoisotopic (exact) mass is 625 g/mol. The van der Waals surface area contributed by atoms with Crippen LogP contribution in [0.5, 0.6) is 11.5 Å². The molecule has 0 spiro atoms. The summed E-state index contributed by atoms with van der Waals surface area (Å²) >= 11 is -1.41. The minimum absolute atomic E-state index is 0.150. The van der Waals surface area contributed by atoms with Gasteiger partial charge in [0.25, 0.3) is 0 Å². The number of benzene rings is 2. The molecular weight excluding hydrogens is 583 g/mol. The molecule has 3 aliphatic rings. The summed E-state index contributed by atoms with van der Waals surface area (Å²) in [5, 5.41) is 10.1. The lowest BCUT2D eigenvalue weighted by Gasteiger charge is -2.53. The molecule has 0 heterocycles. The number of hydrogen-bond donors (Lipinski definition) is 1. The lowest BCUT2D eigenvalue weighted by Crippen LogP contribution is -2.43. The number of aryl methyl sites for hydroxylation is 1. The largest absolute Gasteiger partial charge is 0.616 e. The number of phenolic OH excluding ortho intramolecular Hbond substituents is 1. The van der Waals surface area contributed by atoms with Crippen molar-refractivity contribution in [3.05, 3.63) is 65.6 Å². The fourth-order valence-electron chi connectivity index (χ4n) is 8.01. The van der Waals surface area contributed by atoms with Gasteiger partial charge in [0, 0.05) is 6.42 Å². The van der Waals surface area contributed by atoms with Crippen molar-refractivity contribution in [2.75, 3.05) is 18.1 Å². The van der Waals surface area contributed by atoms with Crippen LogP contribution in [0.4, 0.5) is 22.0 Å². The van der Waals surface area contributed by atoms with E-state index in [1.54, 1.807) is 0 Å². The molecule has 237 valence electrons. The minimum Gasteiger partial charge on any atom is -0.616 e. The molecule has 0 aliphatic heterocycles. The zero-order valence-corrected chi connectivity index (χ0v) is 25.5. The molecule has 3 aliphatic carbocycles. The molecule has 2 aromatic rings. The highest BCUT2D eigenvalue weighted by molar-refractivity contribution is 7.91. The van der Waals surface area contributed by atoms with Crippen molar-refractivity contribution in [3.8, 4) is 11.5 Å². The molecule has 2 aromatic carbocycles. The fraction of sp³-hybridized carbons (Fsp3) is 0.618. The van der Waals surface area contributed by atoms with Crippen LogP contribution in [0.3, 0.4) is 0 Å². The molecule has 2 fully saturated rings. The Bertz CT molecular complexity index is 1220. The van der Waals surface area contributed by atoms with Crippen LogP contribution in [0.1, 0.15) is 93.2 Å². The molecule has 9 heteroatoms. The molecule has 0 amide bonds. The van der Waals surface area contributed by atoms with E-state index in [0.717, 1.165) is 37.9 Å². The van der Waals surface area contributed by atoms with Crippen LogP contribution < -0.4 is 4.74 Å². The summed E-state index contributed by atoms with van der Waals surface area (Å²) < 4.78 is 80.6. The molecule has 2 saturated carbocycles. The predicted molar refractivity (Wildman–Crippen MR) is 159 cm³/mol. The van der Waals surface area contributed by atoms with Crippen molar-refractivity contribution in [3.63, 3.8) is 0 Å². The Morgan fingerprint density at radius 2 is 1.72 bits per heavy atom. The van der Waals surface area contributed by atoms with Gasteiger partial charge in [-0.15, -0.1) is 0 Å². The third-order valence-electron chi connectivity index (χ3n) is 10.1. The summed E-state index contributed by atoms with van der Waals surface area (Å²) in [6.45, 7) is 2.93. The summed E-state index contributed by atoms with van der Waals surface area (Å²) in [6.07, 6.45) is 3.07. The number of aromatic hydroxyl groups is 1. The predicted octanol–water partition coefficient (Wildman–Crippen LogP) is 9.12. The number of phenols is 1. The van der Waals surface area contributed by atoms with Gasteiger partial charge in [0.2, 0.25) is 0 Å². The molecule has 0 bridgehead atoms. The number of hydrogen-bond acceptors (Lipinski definition) is 3. The van der Waals surface area contributed by atoms with Crippen molar-refractivity contribution < 1.29 is 36.3 Å². The van der Waals surface area contributed by atoms with Crippen LogP contribution in [0.15, 0.2) is 42.5 Å². The van der Waals surface area contributed by atoms with Crippen molar-refractivity contribution >= 4 is 11.2 Å². The Hall–Kier alpha value is -2.00. The average Bonchev–Trinajstić information content (AvgIpc) is 3.35. The molecule has 6 atom stereocenters. The van der Waals surface area contributed by atoms with Gasteiger partial charge in [0.05, 0.1) is 6.61 Å². The van der Waals surface area contributed by atoms with Crippen LogP contribution in [-0.2, 0) is 17.6 Å². The van der Waals surface area contributed by atoms with E-state index in [-0.39, 0.29) is 16.9 Å². The van der Waals surface area contributed by atoms with E-state index in [2.05, 4.69) is 31.5 Å². The molecule has 0 saturated heterocycles. The highest BCUT2D eigenvalue weighted by Crippen LogP contribution is 2.64. The molecular formula is C34H42F5O3S. The average molecular weight is 626 g/mol. The Labute approximate surface area is 254 Å². The summed E-state index contributed by atoms with van der Waals surface area (Å²) in [7, 11) is 0. The SMILES string of the molecule is C[C@@]12[CH]CC[C@H]1[C@@H]1CCc3cc(O)ccc3[C@H]1[C@@H](c1ccc(OCCCCC[S+]([O-])CCCC(F)(F)C(F)(F)F)cc1)C2. The number of halogens is 5. The summed E-state index contributed by atoms with van der Waals surface area (Å²) in [4.78, 5) is 0. The Balaban J connectivity index is 1.10. The molecule has 1 radical (unpaired) electrons. The van der Waals surface area contributed by atoms with Gasteiger partial charge in [0.1, 0.15) is 23.0 Å². The first-order valence-corrected chi connectivity index (χ1v) is 17.1. The van der Waals surface area contributed by atoms with Crippen LogP contribution in [0, 0.1) is 23.7 Å². The first kappa shape index (κ1) is 32.4. The second-order valence-electron chi connectivity index (χ2n) is 12.9. The van der Waals surface area contributed by atoms with Gasteiger partial charge in [-0.05, 0) is 134 Å². The second-order valence-corrected chi connectivity index (χ2v) is 14.6. The smallest absolute Gasteiger partial charge is 0.453 e. The molecule has 5 rings (SSSR count). The number of fused-ring (bicyclic) bond motifs is 5. The number of ether oxygens (including phenoxy) is 1. The molecule has 0 aromatic heterocycles. The zero-order chi connectivity index (χ0) is 30.8. The quantitative estimate of drug-likeness (QED) is 0.145. The fourth-order valence-corrected chi connectivity index (χ4v) is 9.21. The first-order chi connectivity index (χ1) is 20.4. The minimum atomic E-state index is -5.56. The van der Waals surface area contributed by atoms with E-state index < -0.39 is 36.1 Å². The first-order valence-electron chi connectivity index (χ1n) is 15.6. The van der Waals surface area contributed by atoms with Crippen molar-refractivity contribution in [2.45, 2.75) is 95.1 Å². The van der Waals surface area contributed by atoms with E-state index in [1.165, 1.54) is 29.5 Å². The third-order valence-corrected chi connectivity index (χ3v) is 11.6. The lowest BCUT2D eigenvalue weighted by molar-refractivity contribution is -0.284. The van der Waals surface area contributed by atoms with Gasteiger partial charge >= 0.3 is 12.1 Å². The standard InChI is InChI=1S/C34H42F5O3S/c1-32-16-5-7-30(32)28-14-10-24-21-25(40)11-15-27(24)31(28)29(22-32)23-8-12-26(13-9-23)42-18-3-2-4-19-43(41)20-6-17-33(35,36)34(37,38)39/h8-9,11-13,15-16,21,28-31,40H,2-7,10,14,17-20,22H2,1H3/t28-,29+,30-,31+,32-,43?/m0/s1. The van der Waals surface area contributed by atoms with Gasteiger partial charge in [0.15, 0.2) is 0 Å². The lowest BCUT2D eigenvalue weighted by atomic mass is 9.51. The maximum Gasteiger partial charge on any atom is 0.453 e. The Morgan fingerprint density at radius 1 is 0.977 bits per heavy atom. The van der Waals surface area contributed by atoms with Crippen LogP contribution in [-0.4, -0.2) is 39.9 Å². The van der Waals surface area contributed by atoms with Crippen molar-refractivity contribution in [1.82, 2.24) is 0 Å². The molecule has 3 nitrogen and oxygen atoms in total. The number of rotatable bonds is 12. The van der Waals surface area contributed by atoms with E-state index >= 15 is 0 Å². The molecule has 1 unspecified atom stereocenters. The van der Waals surface area contributed by atoms with E-state index in [0.29, 0.717) is 42.4 Å².